The lowest BCUT2D eigenvalue weighted by molar-refractivity contribution is 1.18. The molecular formula is C60H42N2. The SMILES string of the molecule is c1ccc(-c2ccc(-c3ccccc3-n3c4ccccc4c4ccc(N(c5ccc(-c6ccccc6)cc5)c5cccc(-c6ccccc6-c6ccccc6)c5)cc43)cc2)cc1. The number of anilines is 3. The molecule has 0 spiro atoms. The quantitative estimate of drug-likeness (QED) is 0.141. The van der Waals surface area contributed by atoms with Crippen molar-refractivity contribution in [3.8, 4) is 61.3 Å². The van der Waals surface area contributed by atoms with Crippen molar-refractivity contribution in [2.45, 2.75) is 0 Å². The number of para-hydroxylation sites is 2. The zero-order chi connectivity index (χ0) is 41.2. The molecule has 11 rings (SSSR count). The van der Waals surface area contributed by atoms with E-state index in [9.17, 15) is 0 Å². The van der Waals surface area contributed by atoms with Gasteiger partial charge in [0, 0.05) is 33.4 Å². The summed E-state index contributed by atoms with van der Waals surface area (Å²) in [6.45, 7) is 0. The van der Waals surface area contributed by atoms with Gasteiger partial charge in [0.1, 0.15) is 0 Å². The molecule has 2 heteroatoms. The molecule has 10 aromatic carbocycles. The molecule has 0 saturated carbocycles. The Balaban J connectivity index is 1.09. The van der Waals surface area contributed by atoms with Crippen molar-refractivity contribution >= 4 is 38.9 Å². The lowest BCUT2D eigenvalue weighted by Crippen LogP contribution is -2.10. The summed E-state index contributed by atoms with van der Waals surface area (Å²) in [5.74, 6) is 0. The third-order valence-corrected chi connectivity index (χ3v) is 12.0. The largest absolute Gasteiger partial charge is 0.310 e. The Morgan fingerprint density at radius 1 is 0.242 bits per heavy atom. The van der Waals surface area contributed by atoms with Crippen LogP contribution in [0.1, 0.15) is 0 Å². The summed E-state index contributed by atoms with van der Waals surface area (Å²) in [5, 5.41) is 2.44. The molecule has 62 heavy (non-hydrogen) atoms. The standard InChI is InChI=1S/C60H42N2/c1-4-17-43(18-5-1)45-31-33-48(34-32-45)55-27-12-14-29-58(55)62-59-30-15-13-28-56(59)57-40-39-52(42-60(57)62)61(50-37-35-46(36-38-50)44-19-6-2-7-20-44)51-24-16-23-49(41-51)54-26-11-10-25-53(54)47-21-8-3-9-22-47/h1-42H. The molecule has 0 aliphatic rings. The van der Waals surface area contributed by atoms with Gasteiger partial charge in [0.15, 0.2) is 0 Å². The van der Waals surface area contributed by atoms with Gasteiger partial charge in [-0.25, -0.2) is 0 Å². The first-order valence-corrected chi connectivity index (χ1v) is 21.3. The van der Waals surface area contributed by atoms with Crippen LogP contribution in [-0.2, 0) is 0 Å². The van der Waals surface area contributed by atoms with E-state index in [0.29, 0.717) is 0 Å². The Morgan fingerprint density at radius 2 is 0.677 bits per heavy atom. The minimum atomic E-state index is 1.08. The first-order valence-electron chi connectivity index (χ1n) is 21.3. The highest BCUT2D eigenvalue weighted by molar-refractivity contribution is 6.11. The molecule has 1 aromatic heterocycles. The van der Waals surface area contributed by atoms with Crippen LogP contribution >= 0.6 is 0 Å². The molecule has 11 aromatic rings. The van der Waals surface area contributed by atoms with E-state index in [0.717, 1.165) is 33.8 Å². The van der Waals surface area contributed by atoms with Crippen molar-refractivity contribution in [3.63, 3.8) is 0 Å². The predicted molar refractivity (Wildman–Crippen MR) is 263 cm³/mol. The van der Waals surface area contributed by atoms with Crippen molar-refractivity contribution in [1.82, 2.24) is 4.57 Å². The highest BCUT2D eigenvalue weighted by atomic mass is 15.1. The summed E-state index contributed by atoms with van der Waals surface area (Å²) in [4.78, 5) is 2.40. The van der Waals surface area contributed by atoms with E-state index in [4.69, 9.17) is 0 Å². The van der Waals surface area contributed by atoms with E-state index in [2.05, 4.69) is 264 Å². The second-order valence-corrected chi connectivity index (χ2v) is 15.7. The second-order valence-electron chi connectivity index (χ2n) is 15.7. The summed E-state index contributed by atoms with van der Waals surface area (Å²) in [6, 6.07) is 92.1. The lowest BCUT2D eigenvalue weighted by Gasteiger charge is -2.27. The van der Waals surface area contributed by atoms with Gasteiger partial charge < -0.3 is 9.47 Å². The van der Waals surface area contributed by atoms with Gasteiger partial charge in [-0.05, 0) is 98.6 Å². The Kier molecular flexibility index (Phi) is 9.57. The Hall–Kier alpha value is -8.20. The third-order valence-electron chi connectivity index (χ3n) is 12.0. The zero-order valence-corrected chi connectivity index (χ0v) is 34.1. The summed E-state index contributed by atoms with van der Waals surface area (Å²) in [5.41, 5.74) is 18.6. The van der Waals surface area contributed by atoms with Crippen molar-refractivity contribution in [2.75, 3.05) is 4.90 Å². The number of hydrogen-bond acceptors (Lipinski definition) is 1. The normalized spacial score (nSPS) is 11.2. The van der Waals surface area contributed by atoms with E-state index in [1.807, 2.05) is 0 Å². The summed E-state index contributed by atoms with van der Waals surface area (Å²) < 4.78 is 2.46. The summed E-state index contributed by atoms with van der Waals surface area (Å²) >= 11 is 0. The number of fused-ring (bicyclic) bond motifs is 3. The van der Waals surface area contributed by atoms with Crippen LogP contribution in [0.2, 0.25) is 0 Å². The molecule has 0 atom stereocenters. The number of rotatable bonds is 9. The van der Waals surface area contributed by atoms with E-state index >= 15 is 0 Å². The molecule has 0 bridgehead atoms. The average Bonchev–Trinajstić information content (AvgIpc) is 3.69. The first-order chi connectivity index (χ1) is 30.8. The van der Waals surface area contributed by atoms with Gasteiger partial charge in [0.05, 0.1) is 16.7 Å². The fraction of sp³-hybridized carbons (Fsp3) is 0. The van der Waals surface area contributed by atoms with Crippen LogP contribution in [0.4, 0.5) is 17.1 Å². The van der Waals surface area contributed by atoms with Gasteiger partial charge in [-0.1, -0.05) is 206 Å². The topological polar surface area (TPSA) is 8.17 Å². The first kappa shape index (κ1) is 36.8. The number of benzene rings is 10. The lowest BCUT2D eigenvalue weighted by atomic mass is 9.94. The van der Waals surface area contributed by atoms with Crippen LogP contribution in [-0.4, -0.2) is 4.57 Å². The van der Waals surface area contributed by atoms with Gasteiger partial charge in [0.2, 0.25) is 0 Å². The minimum absolute atomic E-state index is 1.08. The van der Waals surface area contributed by atoms with E-state index < -0.39 is 0 Å². The Labute approximate surface area is 362 Å². The van der Waals surface area contributed by atoms with Gasteiger partial charge >= 0.3 is 0 Å². The maximum absolute atomic E-state index is 2.46. The molecular weight excluding hydrogens is 749 g/mol. The Bertz CT molecular complexity index is 3310. The van der Waals surface area contributed by atoms with Gasteiger partial charge in [-0.2, -0.15) is 0 Å². The maximum Gasteiger partial charge on any atom is 0.0562 e. The molecule has 0 aliphatic heterocycles. The number of hydrogen-bond donors (Lipinski definition) is 0. The van der Waals surface area contributed by atoms with Crippen LogP contribution in [0.15, 0.2) is 255 Å². The van der Waals surface area contributed by atoms with Crippen LogP contribution in [0.5, 0.6) is 0 Å². The van der Waals surface area contributed by atoms with Crippen molar-refractivity contribution < 1.29 is 0 Å². The smallest absolute Gasteiger partial charge is 0.0562 e. The van der Waals surface area contributed by atoms with E-state index in [1.165, 1.54) is 66.4 Å². The van der Waals surface area contributed by atoms with E-state index in [1.54, 1.807) is 0 Å². The van der Waals surface area contributed by atoms with Crippen molar-refractivity contribution in [2.24, 2.45) is 0 Å². The average molecular weight is 791 g/mol. The molecule has 0 N–H and O–H groups in total. The molecule has 0 fully saturated rings. The third kappa shape index (κ3) is 6.84. The molecule has 0 saturated heterocycles. The molecule has 292 valence electrons. The molecule has 0 amide bonds. The zero-order valence-electron chi connectivity index (χ0n) is 34.1. The predicted octanol–water partition coefficient (Wildman–Crippen LogP) is 16.6. The Morgan fingerprint density at radius 3 is 1.35 bits per heavy atom. The number of nitrogens with zero attached hydrogens (tertiary/aromatic N) is 2. The van der Waals surface area contributed by atoms with Crippen molar-refractivity contribution in [1.29, 1.82) is 0 Å². The van der Waals surface area contributed by atoms with Crippen LogP contribution < -0.4 is 4.90 Å². The molecule has 0 radical (unpaired) electrons. The molecule has 0 aliphatic carbocycles. The van der Waals surface area contributed by atoms with Gasteiger partial charge in [-0.15, -0.1) is 0 Å². The highest BCUT2D eigenvalue weighted by Crippen LogP contribution is 2.43. The maximum atomic E-state index is 2.46. The molecule has 1 heterocycles. The fourth-order valence-corrected chi connectivity index (χ4v) is 9.04. The molecule has 0 unspecified atom stereocenters. The minimum Gasteiger partial charge on any atom is -0.310 e. The summed E-state index contributed by atoms with van der Waals surface area (Å²) in [7, 11) is 0. The highest BCUT2D eigenvalue weighted by Gasteiger charge is 2.20. The van der Waals surface area contributed by atoms with E-state index in [-0.39, 0.29) is 0 Å². The monoisotopic (exact) mass is 790 g/mol. The van der Waals surface area contributed by atoms with Crippen LogP contribution in [0.3, 0.4) is 0 Å². The fourth-order valence-electron chi connectivity index (χ4n) is 9.04. The van der Waals surface area contributed by atoms with Crippen LogP contribution in [0.25, 0.3) is 83.1 Å². The van der Waals surface area contributed by atoms with Crippen LogP contribution in [0, 0.1) is 0 Å². The second kappa shape index (κ2) is 16.1. The summed E-state index contributed by atoms with van der Waals surface area (Å²) in [6.07, 6.45) is 0. The number of aromatic nitrogens is 1. The van der Waals surface area contributed by atoms with Crippen molar-refractivity contribution in [3.05, 3.63) is 255 Å². The van der Waals surface area contributed by atoms with Gasteiger partial charge in [0.25, 0.3) is 0 Å². The van der Waals surface area contributed by atoms with Gasteiger partial charge in [-0.3, -0.25) is 0 Å². The molecule has 2 nitrogen and oxygen atoms in total.